The van der Waals surface area contributed by atoms with Crippen LogP contribution in [0.4, 0.5) is 22.7 Å². The zero-order valence-corrected chi connectivity index (χ0v) is 21.7. The average Bonchev–Trinajstić information content (AvgIpc) is 3.84. The SMILES string of the molecule is Nc1ccccc1OCC1(COc2ccccc2[N+]2=C=C2)COc2ccccc2N=C=Nc2ccccc2OC1. The molecule has 0 bridgehead atoms. The monoisotopic (exact) mass is 531 g/mol. The Kier molecular flexibility index (Phi) is 7.01. The number of rotatable bonds is 7. The molecule has 40 heavy (non-hydrogen) atoms. The summed E-state index contributed by atoms with van der Waals surface area (Å²) in [4.78, 5) is 8.82. The highest BCUT2D eigenvalue weighted by Crippen LogP contribution is 2.35. The number of fused-ring (bicyclic) bond motifs is 2. The number of nitrogens with zero attached hydrogens (tertiary/aromatic N) is 3. The zero-order chi connectivity index (χ0) is 27.2. The molecule has 4 aromatic carbocycles. The predicted molar refractivity (Wildman–Crippen MR) is 153 cm³/mol. The molecule has 0 aliphatic carbocycles. The van der Waals surface area contributed by atoms with Crippen molar-refractivity contribution in [3.63, 3.8) is 0 Å². The van der Waals surface area contributed by atoms with Gasteiger partial charge in [0.2, 0.25) is 0 Å². The number of para-hydroxylation sites is 8. The van der Waals surface area contributed by atoms with Gasteiger partial charge in [0.15, 0.2) is 5.75 Å². The summed E-state index contributed by atoms with van der Waals surface area (Å²) in [5, 5.41) is 0. The van der Waals surface area contributed by atoms with E-state index in [1.807, 2.05) is 102 Å². The van der Waals surface area contributed by atoms with Crippen LogP contribution < -0.4 is 24.7 Å². The first-order valence-corrected chi connectivity index (χ1v) is 12.9. The first-order valence-electron chi connectivity index (χ1n) is 12.9. The predicted octanol–water partition coefficient (Wildman–Crippen LogP) is 6.16. The van der Waals surface area contributed by atoms with E-state index in [1.165, 1.54) is 0 Å². The van der Waals surface area contributed by atoms with Crippen LogP contribution in [0.25, 0.3) is 0 Å². The number of aliphatic imine (C=N–C) groups is 2. The molecule has 0 saturated carbocycles. The molecule has 4 aromatic rings. The number of hydrogen-bond donors (Lipinski definition) is 1. The van der Waals surface area contributed by atoms with Crippen molar-refractivity contribution in [2.75, 3.05) is 32.2 Å². The maximum absolute atomic E-state index is 6.47. The van der Waals surface area contributed by atoms with Crippen molar-refractivity contribution in [1.29, 1.82) is 0 Å². The average molecular weight is 532 g/mol. The summed E-state index contributed by atoms with van der Waals surface area (Å²) in [6, 6.07) is 33.0. The molecule has 2 N–H and O–H groups in total. The van der Waals surface area contributed by atoms with Gasteiger partial charge in [0.05, 0.1) is 5.69 Å². The molecular weight excluding hydrogens is 504 g/mol. The maximum Gasteiger partial charge on any atom is 0.293 e. The van der Waals surface area contributed by atoms with Crippen LogP contribution in [0.3, 0.4) is 0 Å². The first-order chi connectivity index (χ1) is 19.7. The van der Waals surface area contributed by atoms with Crippen LogP contribution in [0.1, 0.15) is 0 Å². The van der Waals surface area contributed by atoms with Gasteiger partial charge in [-0.3, -0.25) is 0 Å². The Hall–Kier alpha value is -5.29. The minimum absolute atomic E-state index is 0.203. The first kappa shape index (κ1) is 25.0. The molecule has 0 aromatic heterocycles. The maximum atomic E-state index is 6.47. The lowest BCUT2D eigenvalue weighted by Crippen LogP contribution is -2.45. The van der Waals surface area contributed by atoms with E-state index in [9.17, 15) is 0 Å². The highest BCUT2D eigenvalue weighted by atomic mass is 16.5. The molecule has 2 heterocycles. The minimum Gasteiger partial charge on any atom is -0.490 e. The molecule has 2 aliphatic heterocycles. The van der Waals surface area contributed by atoms with Gasteiger partial charge in [0.25, 0.3) is 17.8 Å². The van der Waals surface area contributed by atoms with E-state index in [1.54, 1.807) is 6.07 Å². The second-order valence-electron chi connectivity index (χ2n) is 9.55. The normalized spacial score (nSPS) is 17.1. The molecule has 0 unspecified atom stereocenters. The van der Waals surface area contributed by atoms with Crippen LogP contribution in [0.15, 0.2) is 113 Å². The Balaban J connectivity index is 1.38. The van der Waals surface area contributed by atoms with Crippen LogP contribution in [-0.4, -0.2) is 42.9 Å². The molecule has 0 fully saturated rings. The van der Waals surface area contributed by atoms with Gasteiger partial charge in [-0.1, -0.05) is 53.1 Å². The van der Waals surface area contributed by atoms with Gasteiger partial charge in [0, 0.05) is 6.07 Å². The highest BCUT2D eigenvalue weighted by molar-refractivity contribution is 5.64. The Morgan fingerprint density at radius 3 is 1.88 bits per heavy atom. The Bertz CT molecular complexity index is 1610. The number of benzene rings is 4. The zero-order valence-electron chi connectivity index (χ0n) is 21.7. The van der Waals surface area contributed by atoms with Gasteiger partial charge in [-0.15, -0.1) is 0 Å². The van der Waals surface area contributed by atoms with Gasteiger partial charge < -0.3 is 24.7 Å². The van der Waals surface area contributed by atoms with Crippen molar-refractivity contribution in [2.24, 2.45) is 15.4 Å². The van der Waals surface area contributed by atoms with Gasteiger partial charge in [-0.05, 0) is 42.5 Å². The largest absolute Gasteiger partial charge is 0.490 e. The fourth-order valence-corrected chi connectivity index (χ4v) is 4.21. The lowest BCUT2D eigenvalue weighted by molar-refractivity contribution is -0.306. The molecule has 6 rings (SSSR count). The van der Waals surface area contributed by atoms with E-state index in [-0.39, 0.29) is 26.4 Å². The third-order valence-electron chi connectivity index (χ3n) is 6.51. The Morgan fingerprint density at radius 2 is 1.25 bits per heavy atom. The van der Waals surface area contributed by atoms with E-state index in [4.69, 9.17) is 24.7 Å². The molecular formula is C32H27N4O4+. The molecule has 0 saturated heterocycles. The van der Waals surface area contributed by atoms with E-state index in [0.29, 0.717) is 40.1 Å². The van der Waals surface area contributed by atoms with E-state index in [2.05, 4.69) is 21.9 Å². The number of anilines is 1. The Morgan fingerprint density at radius 1 is 0.725 bits per heavy atom. The molecule has 198 valence electrons. The quantitative estimate of drug-likeness (QED) is 0.228. The molecule has 0 atom stereocenters. The van der Waals surface area contributed by atoms with Gasteiger partial charge in [0.1, 0.15) is 66.5 Å². The third kappa shape index (κ3) is 5.74. The van der Waals surface area contributed by atoms with Gasteiger partial charge >= 0.3 is 0 Å². The summed E-state index contributed by atoms with van der Waals surface area (Å²) in [6.45, 7) is 0.847. The van der Waals surface area contributed by atoms with Crippen molar-refractivity contribution >= 4 is 34.6 Å². The molecule has 2 aliphatic rings. The third-order valence-corrected chi connectivity index (χ3v) is 6.51. The highest BCUT2D eigenvalue weighted by Gasteiger charge is 2.37. The van der Waals surface area contributed by atoms with E-state index < -0.39 is 5.41 Å². The molecule has 0 spiro atoms. The van der Waals surface area contributed by atoms with Crippen molar-refractivity contribution in [3.8, 4) is 23.0 Å². The second kappa shape index (κ2) is 11.2. The summed E-state index contributed by atoms with van der Waals surface area (Å²) in [5.41, 5.74) is 8.10. The molecule has 0 radical (unpaired) electrons. The minimum atomic E-state index is -0.779. The van der Waals surface area contributed by atoms with Crippen LogP contribution in [0.5, 0.6) is 23.0 Å². The fraction of sp³-hybridized carbons (Fsp3) is 0.156. The summed E-state index contributed by atoms with van der Waals surface area (Å²) >= 11 is 0. The standard InChI is InChI=1S/C32H27N4O4/c33-24-9-1-5-13-28(24)37-19-32(22-40-31-16-8-4-12-27(31)36-17-18-36)20-38-29-14-6-2-10-25(29)34-23-35-26-11-3-7-15-30(26)39-21-32/h1-17H,19-22,33H2/q+1. The lowest BCUT2D eigenvalue weighted by Gasteiger charge is -2.33. The van der Waals surface area contributed by atoms with Crippen LogP contribution in [0.2, 0.25) is 0 Å². The number of hydrogen-bond acceptors (Lipinski definition) is 7. The summed E-state index contributed by atoms with van der Waals surface area (Å²) in [7, 11) is 0. The van der Waals surface area contributed by atoms with Gasteiger partial charge in [-0.25, -0.2) is 0 Å². The van der Waals surface area contributed by atoms with Crippen LogP contribution >= 0.6 is 0 Å². The summed E-state index contributed by atoms with van der Waals surface area (Å²) in [6.07, 6.45) is 1.86. The van der Waals surface area contributed by atoms with Crippen LogP contribution in [0, 0.1) is 5.41 Å². The summed E-state index contributed by atoms with van der Waals surface area (Å²) in [5.74, 6) is 5.54. The lowest BCUT2D eigenvalue weighted by atomic mass is 9.92. The van der Waals surface area contributed by atoms with E-state index in [0.717, 1.165) is 5.69 Å². The van der Waals surface area contributed by atoms with Crippen molar-refractivity contribution in [3.05, 3.63) is 103 Å². The van der Waals surface area contributed by atoms with Crippen LogP contribution in [-0.2, 0) is 0 Å². The van der Waals surface area contributed by atoms with Crippen molar-refractivity contribution < 1.29 is 23.5 Å². The smallest absolute Gasteiger partial charge is 0.293 e. The Labute approximate surface area is 232 Å². The van der Waals surface area contributed by atoms with Crippen molar-refractivity contribution in [1.82, 2.24) is 0 Å². The number of ether oxygens (including phenoxy) is 4. The fourth-order valence-electron chi connectivity index (χ4n) is 4.21. The topological polar surface area (TPSA) is 90.7 Å². The molecule has 8 heteroatoms. The van der Waals surface area contributed by atoms with Gasteiger partial charge in [-0.2, -0.15) is 9.98 Å². The summed E-state index contributed by atoms with van der Waals surface area (Å²) < 4.78 is 27.4. The molecule has 8 nitrogen and oxygen atoms in total. The van der Waals surface area contributed by atoms with E-state index >= 15 is 0 Å². The second-order valence-corrected chi connectivity index (χ2v) is 9.55. The number of nitrogen functional groups attached to an aromatic ring is 1. The van der Waals surface area contributed by atoms with Crippen molar-refractivity contribution in [2.45, 2.75) is 0 Å². The number of nitrogens with two attached hydrogens (primary N) is 1. The molecule has 0 amide bonds.